The van der Waals surface area contributed by atoms with E-state index in [0.29, 0.717) is 6.54 Å². The Labute approximate surface area is 112 Å². The molecule has 0 aliphatic heterocycles. The van der Waals surface area contributed by atoms with E-state index in [0.717, 1.165) is 12.8 Å². The van der Waals surface area contributed by atoms with Crippen molar-refractivity contribution in [1.82, 2.24) is 10.6 Å². The molecule has 0 spiro atoms. The average Bonchev–Trinajstić information content (AvgIpc) is 2.42. The number of urea groups is 1. The van der Waals surface area contributed by atoms with Crippen LogP contribution in [0, 0.1) is 0 Å². The Morgan fingerprint density at radius 2 is 1.74 bits per heavy atom. The number of rotatable bonds is 9. The van der Waals surface area contributed by atoms with Gasteiger partial charge in [-0.3, -0.25) is 0 Å². The number of hydrogen-bond donors (Lipinski definition) is 7. The van der Waals surface area contributed by atoms with Crippen molar-refractivity contribution < 1.29 is 30.3 Å². The highest BCUT2D eigenvalue weighted by atomic mass is 16.4. The molecule has 2 amide bonds. The summed E-state index contributed by atoms with van der Waals surface area (Å²) in [6.45, 7) is 1.07. The maximum atomic E-state index is 11.4. The van der Waals surface area contributed by atoms with Crippen LogP contribution < -0.4 is 10.6 Å². The van der Waals surface area contributed by atoms with Gasteiger partial charge in [0.15, 0.2) is 0 Å². The molecular formula is C11H24N2O6. The third-order valence-electron chi connectivity index (χ3n) is 2.67. The van der Waals surface area contributed by atoms with Gasteiger partial charge in [-0.15, -0.1) is 0 Å². The fourth-order valence-corrected chi connectivity index (χ4v) is 1.41. The first-order valence-corrected chi connectivity index (χ1v) is 6.28. The molecule has 0 heterocycles. The summed E-state index contributed by atoms with van der Waals surface area (Å²) in [5.74, 6) is 0. The quantitative estimate of drug-likeness (QED) is 0.233. The highest BCUT2D eigenvalue weighted by Gasteiger charge is 2.31. The minimum Gasteiger partial charge on any atom is -0.394 e. The molecule has 0 fully saturated rings. The SMILES string of the molecule is CCCCNC(=O)N[C@@H](CO)[C@@H](O)[C@H](O)[C@H](O)CO. The lowest BCUT2D eigenvalue weighted by molar-refractivity contribution is -0.0902. The first-order chi connectivity index (χ1) is 8.97. The number of nitrogens with one attached hydrogen (secondary N) is 2. The van der Waals surface area contributed by atoms with Gasteiger partial charge in [-0.1, -0.05) is 13.3 Å². The van der Waals surface area contributed by atoms with Crippen molar-refractivity contribution in [3.8, 4) is 0 Å². The van der Waals surface area contributed by atoms with Crippen LogP contribution in [0.2, 0.25) is 0 Å². The fourth-order valence-electron chi connectivity index (χ4n) is 1.41. The Morgan fingerprint density at radius 1 is 1.11 bits per heavy atom. The summed E-state index contributed by atoms with van der Waals surface area (Å²) in [6, 6.07) is -1.73. The number of aliphatic hydroxyl groups is 5. The lowest BCUT2D eigenvalue weighted by Crippen LogP contribution is -2.56. The minimum absolute atomic E-state index is 0.457. The molecule has 0 aromatic carbocycles. The summed E-state index contributed by atoms with van der Waals surface area (Å²) in [7, 11) is 0. The molecule has 0 unspecified atom stereocenters. The number of amides is 2. The number of hydrogen-bond acceptors (Lipinski definition) is 6. The minimum atomic E-state index is -1.67. The largest absolute Gasteiger partial charge is 0.394 e. The molecule has 7 N–H and O–H groups in total. The van der Waals surface area contributed by atoms with Gasteiger partial charge in [0.2, 0.25) is 0 Å². The summed E-state index contributed by atoms with van der Waals surface area (Å²) < 4.78 is 0. The molecule has 0 rings (SSSR count). The second-order valence-electron chi connectivity index (χ2n) is 4.27. The molecule has 0 aliphatic carbocycles. The van der Waals surface area contributed by atoms with Crippen LogP contribution in [0.4, 0.5) is 4.79 Å². The van der Waals surface area contributed by atoms with Gasteiger partial charge in [-0.25, -0.2) is 4.79 Å². The Hall–Kier alpha value is -0.930. The monoisotopic (exact) mass is 280 g/mol. The summed E-state index contributed by atoms with van der Waals surface area (Å²) in [6.07, 6.45) is -3.10. The van der Waals surface area contributed by atoms with Crippen molar-refractivity contribution >= 4 is 6.03 Å². The summed E-state index contributed by atoms with van der Waals surface area (Å²) in [5, 5.41) is 50.8. The molecule has 0 aromatic rings. The Morgan fingerprint density at radius 3 is 2.21 bits per heavy atom. The third kappa shape index (κ3) is 6.69. The maximum Gasteiger partial charge on any atom is 0.315 e. The van der Waals surface area contributed by atoms with E-state index in [-0.39, 0.29) is 0 Å². The predicted octanol–water partition coefficient (Wildman–Crippen LogP) is -2.48. The van der Waals surface area contributed by atoms with E-state index in [9.17, 15) is 20.1 Å². The van der Waals surface area contributed by atoms with Crippen molar-refractivity contribution in [1.29, 1.82) is 0 Å². The van der Waals surface area contributed by atoms with Gasteiger partial charge < -0.3 is 36.2 Å². The molecule has 4 atom stereocenters. The van der Waals surface area contributed by atoms with E-state index >= 15 is 0 Å². The molecule has 8 heteroatoms. The van der Waals surface area contributed by atoms with Crippen LogP contribution in [0.5, 0.6) is 0 Å². The van der Waals surface area contributed by atoms with Gasteiger partial charge in [0.1, 0.15) is 18.3 Å². The number of aliphatic hydroxyl groups excluding tert-OH is 5. The van der Waals surface area contributed by atoms with Crippen molar-refractivity contribution in [2.45, 2.75) is 44.1 Å². The van der Waals surface area contributed by atoms with Gasteiger partial charge in [0.05, 0.1) is 19.3 Å². The molecule has 0 saturated heterocycles. The van der Waals surface area contributed by atoms with E-state index in [2.05, 4.69) is 10.6 Å². The van der Waals surface area contributed by atoms with Crippen molar-refractivity contribution in [2.24, 2.45) is 0 Å². The lowest BCUT2D eigenvalue weighted by atomic mass is 10.0. The predicted molar refractivity (Wildman–Crippen MR) is 67.4 cm³/mol. The molecule has 0 aromatic heterocycles. The van der Waals surface area contributed by atoms with Crippen LogP contribution >= 0.6 is 0 Å². The summed E-state index contributed by atoms with van der Waals surface area (Å²) >= 11 is 0. The Bertz CT molecular complexity index is 253. The Balaban J connectivity index is 4.28. The smallest absolute Gasteiger partial charge is 0.315 e. The first-order valence-electron chi connectivity index (χ1n) is 6.28. The van der Waals surface area contributed by atoms with Crippen LogP contribution in [-0.4, -0.2) is 75.7 Å². The average molecular weight is 280 g/mol. The zero-order valence-electron chi connectivity index (χ0n) is 11.0. The number of carbonyl (C=O) groups is 1. The third-order valence-corrected chi connectivity index (χ3v) is 2.67. The van der Waals surface area contributed by atoms with Crippen molar-refractivity contribution in [3.63, 3.8) is 0 Å². The standard InChI is InChI=1S/C11H24N2O6/c1-2-3-4-12-11(19)13-7(5-14)9(17)10(18)8(16)6-15/h7-10,14-18H,2-6H2,1H3,(H2,12,13,19)/t7-,8+,9+,10+/m0/s1. The van der Waals surface area contributed by atoms with Gasteiger partial charge >= 0.3 is 6.03 Å². The molecule has 0 bridgehead atoms. The van der Waals surface area contributed by atoms with E-state index in [1.54, 1.807) is 0 Å². The van der Waals surface area contributed by atoms with E-state index in [4.69, 9.17) is 10.2 Å². The van der Waals surface area contributed by atoms with Crippen LogP contribution in [0.15, 0.2) is 0 Å². The van der Waals surface area contributed by atoms with Crippen LogP contribution in [-0.2, 0) is 0 Å². The summed E-state index contributed by atoms with van der Waals surface area (Å²) in [4.78, 5) is 11.4. The van der Waals surface area contributed by atoms with Gasteiger partial charge in [0, 0.05) is 6.54 Å². The van der Waals surface area contributed by atoms with Gasteiger partial charge in [0.25, 0.3) is 0 Å². The highest BCUT2D eigenvalue weighted by molar-refractivity contribution is 5.74. The van der Waals surface area contributed by atoms with Crippen LogP contribution in [0.25, 0.3) is 0 Å². The van der Waals surface area contributed by atoms with Crippen molar-refractivity contribution in [3.05, 3.63) is 0 Å². The second kappa shape index (κ2) is 9.93. The zero-order chi connectivity index (χ0) is 14.8. The normalized spacial score (nSPS) is 17.4. The maximum absolute atomic E-state index is 11.4. The topological polar surface area (TPSA) is 142 Å². The van der Waals surface area contributed by atoms with Gasteiger partial charge in [-0.2, -0.15) is 0 Å². The molecule has 0 radical (unpaired) electrons. The van der Waals surface area contributed by atoms with E-state index < -0.39 is 43.6 Å². The second-order valence-corrected chi connectivity index (χ2v) is 4.27. The Kier molecular flexibility index (Phi) is 9.44. The molecular weight excluding hydrogens is 256 g/mol. The fraction of sp³-hybridized carbons (Fsp3) is 0.909. The molecule has 0 saturated carbocycles. The van der Waals surface area contributed by atoms with Crippen LogP contribution in [0.1, 0.15) is 19.8 Å². The molecule has 19 heavy (non-hydrogen) atoms. The van der Waals surface area contributed by atoms with E-state index in [1.807, 2.05) is 6.92 Å². The van der Waals surface area contributed by atoms with Gasteiger partial charge in [-0.05, 0) is 6.42 Å². The molecule has 0 aliphatic rings. The molecule has 8 nitrogen and oxygen atoms in total. The van der Waals surface area contributed by atoms with Crippen molar-refractivity contribution in [2.75, 3.05) is 19.8 Å². The first kappa shape index (κ1) is 18.1. The van der Waals surface area contributed by atoms with Crippen LogP contribution in [0.3, 0.4) is 0 Å². The summed E-state index contributed by atoms with van der Waals surface area (Å²) in [5.41, 5.74) is 0. The number of unbranched alkanes of at least 4 members (excludes halogenated alkanes) is 1. The lowest BCUT2D eigenvalue weighted by Gasteiger charge is -2.28. The van der Waals surface area contributed by atoms with E-state index in [1.165, 1.54) is 0 Å². The molecule has 114 valence electrons. The zero-order valence-corrected chi connectivity index (χ0v) is 11.0. The highest BCUT2D eigenvalue weighted by Crippen LogP contribution is 2.04. The number of carbonyl (C=O) groups excluding carboxylic acids is 1.